The second-order valence-corrected chi connectivity index (χ2v) is 1.53. The van der Waals surface area contributed by atoms with Gasteiger partial charge in [-0.15, -0.1) is 0 Å². The molecule has 2 N–H and O–H groups in total. The summed E-state index contributed by atoms with van der Waals surface area (Å²) < 4.78 is 15.9. The van der Waals surface area contributed by atoms with Gasteiger partial charge in [0.1, 0.15) is 0 Å². The number of nitrogens with zero attached hydrogens (tertiary/aromatic N) is 2. The summed E-state index contributed by atoms with van der Waals surface area (Å²) in [6, 6.07) is 0. The molecule has 1 aromatic heterocycles. The first-order valence-electron chi connectivity index (χ1n) is 2.59. The van der Waals surface area contributed by atoms with Crippen LogP contribution in [0.25, 0.3) is 0 Å². The Morgan fingerprint density at radius 1 is 1.50 bits per heavy atom. The van der Waals surface area contributed by atoms with Gasteiger partial charge in [0.15, 0.2) is 5.75 Å². The number of halogens is 1. The Kier molecular flexibility index (Phi) is 1.99. The van der Waals surface area contributed by atoms with E-state index in [0.29, 0.717) is 0 Å². The second kappa shape index (κ2) is 2.95. The van der Waals surface area contributed by atoms with Gasteiger partial charge in [0.05, 0.1) is 12.4 Å². The lowest BCUT2D eigenvalue weighted by molar-refractivity contribution is 0.190. The van der Waals surface area contributed by atoms with E-state index in [0.717, 1.165) is 0 Å². The Hall–Kier alpha value is -1.39. The molecule has 54 valence electrons. The number of ether oxygens (including phenoxy) is 1. The maximum Gasteiger partial charge on any atom is 0.228 e. The van der Waals surface area contributed by atoms with E-state index < -0.39 is 6.86 Å². The fourth-order valence-electron chi connectivity index (χ4n) is 0.464. The zero-order valence-corrected chi connectivity index (χ0v) is 5.12. The summed E-state index contributed by atoms with van der Waals surface area (Å²) in [5.41, 5.74) is 5.15. The number of nitrogen functional groups attached to an aromatic ring is 1. The van der Waals surface area contributed by atoms with Crippen LogP contribution >= 0.6 is 0 Å². The molecule has 0 spiro atoms. The first-order chi connectivity index (χ1) is 4.83. The molecule has 0 atom stereocenters. The normalized spacial score (nSPS) is 9.30. The van der Waals surface area contributed by atoms with Crippen molar-refractivity contribution in [3.63, 3.8) is 0 Å². The minimum Gasteiger partial charge on any atom is -0.460 e. The van der Waals surface area contributed by atoms with E-state index in [1.165, 1.54) is 12.4 Å². The zero-order chi connectivity index (χ0) is 7.40. The van der Waals surface area contributed by atoms with Gasteiger partial charge in [-0.3, -0.25) is 0 Å². The van der Waals surface area contributed by atoms with Crippen molar-refractivity contribution in [1.29, 1.82) is 0 Å². The Bertz CT molecular complexity index is 201. The summed E-state index contributed by atoms with van der Waals surface area (Å²) >= 11 is 0. The number of hydrogen-bond acceptors (Lipinski definition) is 4. The van der Waals surface area contributed by atoms with Crippen molar-refractivity contribution in [3.8, 4) is 5.75 Å². The highest BCUT2D eigenvalue weighted by atomic mass is 19.1. The molecule has 1 aromatic rings. The molecule has 0 unspecified atom stereocenters. The quantitative estimate of drug-likeness (QED) is 0.649. The number of nitrogens with two attached hydrogens (primary N) is 1. The number of rotatable bonds is 2. The first-order valence-corrected chi connectivity index (χ1v) is 2.59. The van der Waals surface area contributed by atoms with E-state index in [1.54, 1.807) is 0 Å². The van der Waals surface area contributed by atoms with E-state index in [-0.39, 0.29) is 11.7 Å². The van der Waals surface area contributed by atoms with Gasteiger partial charge in [-0.05, 0) is 0 Å². The Morgan fingerprint density at radius 2 is 2.10 bits per heavy atom. The SMILES string of the molecule is Nc1ncc(OCF)cn1. The number of anilines is 1. The number of hydrogen-bond donors (Lipinski definition) is 1. The first kappa shape index (κ1) is 6.73. The number of alkyl halides is 1. The minimum absolute atomic E-state index is 0.145. The summed E-state index contributed by atoms with van der Waals surface area (Å²) in [6.07, 6.45) is 2.61. The maximum atomic E-state index is 11.5. The smallest absolute Gasteiger partial charge is 0.228 e. The van der Waals surface area contributed by atoms with Gasteiger partial charge in [-0.25, -0.2) is 14.4 Å². The van der Waals surface area contributed by atoms with Crippen molar-refractivity contribution in [2.45, 2.75) is 0 Å². The molecule has 0 saturated carbocycles. The van der Waals surface area contributed by atoms with Crippen LogP contribution in [-0.2, 0) is 0 Å². The van der Waals surface area contributed by atoms with Gasteiger partial charge in [-0.2, -0.15) is 0 Å². The van der Waals surface area contributed by atoms with Crippen LogP contribution in [0.4, 0.5) is 10.3 Å². The van der Waals surface area contributed by atoms with Gasteiger partial charge >= 0.3 is 0 Å². The number of aromatic nitrogens is 2. The molecule has 0 bridgehead atoms. The largest absolute Gasteiger partial charge is 0.460 e. The lowest BCUT2D eigenvalue weighted by atomic mass is 10.6. The summed E-state index contributed by atoms with van der Waals surface area (Å²) in [5.74, 6) is 0.419. The van der Waals surface area contributed by atoms with E-state index in [1.807, 2.05) is 0 Å². The van der Waals surface area contributed by atoms with E-state index in [2.05, 4.69) is 14.7 Å². The summed E-state index contributed by atoms with van der Waals surface area (Å²) in [4.78, 5) is 7.15. The average Bonchev–Trinajstić information content (AvgIpc) is 1.95. The van der Waals surface area contributed by atoms with Crippen LogP contribution in [0.3, 0.4) is 0 Å². The van der Waals surface area contributed by atoms with Crippen LogP contribution < -0.4 is 10.5 Å². The van der Waals surface area contributed by atoms with Crippen LogP contribution in [0.1, 0.15) is 0 Å². The van der Waals surface area contributed by atoms with Crippen molar-refractivity contribution >= 4 is 5.95 Å². The van der Waals surface area contributed by atoms with Crippen molar-refractivity contribution in [1.82, 2.24) is 9.97 Å². The molecule has 0 radical (unpaired) electrons. The van der Waals surface area contributed by atoms with Crippen molar-refractivity contribution in [3.05, 3.63) is 12.4 Å². The van der Waals surface area contributed by atoms with Gasteiger partial charge < -0.3 is 10.5 Å². The molecular weight excluding hydrogens is 137 g/mol. The third-order valence-corrected chi connectivity index (χ3v) is 0.869. The molecule has 1 heterocycles. The molecular formula is C5H6FN3O. The van der Waals surface area contributed by atoms with Gasteiger partial charge in [0, 0.05) is 0 Å². The van der Waals surface area contributed by atoms with Gasteiger partial charge in [0.2, 0.25) is 12.8 Å². The second-order valence-electron chi connectivity index (χ2n) is 1.53. The summed E-state index contributed by atoms with van der Waals surface area (Å²) in [6.45, 7) is -0.882. The van der Waals surface area contributed by atoms with E-state index in [9.17, 15) is 4.39 Å². The lowest BCUT2D eigenvalue weighted by Gasteiger charge is -1.97. The molecule has 0 amide bonds. The topological polar surface area (TPSA) is 61.0 Å². The predicted octanol–water partition coefficient (Wildman–Crippen LogP) is 0.365. The Balaban J connectivity index is 2.69. The van der Waals surface area contributed by atoms with Crippen LogP contribution in [0, 0.1) is 0 Å². The molecule has 0 aliphatic rings. The molecule has 0 saturated heterocycles. The highest BCUT2D eigenvalue weighted by Gasteiger charge is 1.92. The van der Waals surface area contributed by atoms with Crippen LogP contribution in [0.5, 0.6) is 5.75 Å². The Labute approximate surface area is 56.9 Å². The molecule has 0 aliphatic carbocycles. The molecule has 0 fully saturated rings. The molecule has 1 rings (SSSR count). The third kappa shape index (κ3) is 1.54. The fourth-order valence-corrected chi connectivity index (χ4v) is 0.464. The highest BCUT2D eigenvalue weighted by molar-refractivity contribution is 5.20. The van der Waals surface area contributed by atoms with Crippen LogP contribution in [-0.4, -0.2) is 16.8 Å². The lowest BCUT2D eigenvalue weighted by Crippen LogP contribution is -1.96. The standard InChI is InChI=1S/C5H6FN3O/c6-3-10-4-1-8-5(7)9-2-4/h1-2H,3H2,(H2,7,8,9). The maximum absolute atomic E-state index is 11.5. The zero-order valence-electron chi connectivity index (χ0n) is 5.12. The average molecular weight is 143 g/mol. The third-order valence-electron chi connectivity index (χ3n) is 0.869. The highest BCUT2D eigenvalue weighted by Crippen LogP contribution is 2.05. The van der Waals surface area contributed by atoms with E-state index in [4.69, 9.17) is 5.73 Å². The van der Waals surface area contributed by atoms with Crippen molar-refractivity contribution in [2.24, 2.45) is 0 Å². The molecule has 10 heavy (non-hydrogen) atoms. The monoisotopic (exact) mass is 143 g/mol. The predicted molar refractivity (Wildman–Crippen MR) is 33.0 cm³/mol. The van der Waals surface area contributed by atoms with Gasteiger partial charge in [0.25, 0.3) is 0 Å². The molecule has 0 aliphatic heterocycles. The Morgan fingerprint density at radius 3 is 2.60 bits per heavy atom. The van der Waals surface area contributed by atoms with Crippen LogP contribution in [0.2, 0.25) is 0 Å². The van der Waals surface area contributed by atoms with E-state index >= 15 is 0 Å². The van der Waals surface area contributed by atoms with Crippen LogP contribution in [0.15, 0.2) is 12.4 Å². The van der Waals surface area contributed by atoms with Crippen molar-refractivity contribution in [2.75, 3.05) is 12.6 Å². The molecule has 5 heteroatoms. The van der Waals surface area contributed by atoms with Crippen molar-refractivity contribution < 1.29 is 9.13 Å². The van der Waals surface area contributed by atoms with Gasteiger partial charge in [-0.1, -0.05) is 0 Å². The fraction of sp³-hybridized carbons (Fsp3) is 0.200. The summed E-state index contributed by atoms with van der Waals surface area (Å²) in [5, 5.41) is 0. The molecule has 4 nitrogen and oxygen atoms in total. The summed E-state index contributed by atoms with van der Waals surface area (Å²) in [7, 11) is 0. The minimum atomic E-state index is -0.882. The molecule has 0 aromatic carbocycles.